The van der Waals surface area contributed by atoms with Gasteiger partial charge in [-0.1, -0.05) is 29.8 Å². The molecule has 0 aromatic heterocycles. The number of aryl methyl sites for hydroxylation is 2. The molecular weight excluding hydrogens is 336 g/mol. The minimum Gasteiger partial charge on any atom is -0.492 e. The standard InChI is InChI=1S/C20H23ClN2O2/c1-13-10-17(11-14(2)19(13)21)25-9-8-22-20(24)23-15(3)12-16-6-4-5-7-18(16)23/h4-7,10-11,15H,8-9,12H2,1-3H3,(H,22,24). The van der Waals surface area contributed by atoms with Gasteiger partial charge in [0, 0.05) is 16.8 Å². The Morgan fingerprint density at radius 3 is 2.68 bits per heavy atom. The number of para-hydroxylation sites is 1. The van der Waals surface area contributed by atoms with E-state index in [0.29, 0.717) is 13.2 Å². The Balaban J connectivity index is 1.54. The van der Waals surface area contributed by atoms with Crippen molar-refractivity contribution in [1.82, 2.24) is 5.32 Å². The zero-order chi connectivity index (χ0) is 18.0. The molecule has 2 amide bonds. The quantitative estimate of drug-likeness (QED) is 0.818. The van der Waals surface area contributed by atoms with Gasteiger partial charge in [-0.05, 0) is 62.1 Å². The van der Waals surface area contributed by atoms with Gasteiger partial charge in [-0.3, -0.25) is 4.90 Å². The molecule has 0 saturated heterocycles. The van der Waals surface area contributed by atoms with E-state index < -0.39 is 0 Å². The predicted molar refractivity (Wildman–Crippen MR) is 102 cm³/mol. The molecule has 1 N–H and O–H groups in total. The van der Waals surface area contributed by atoms with Crippen LogP contribution in [0.25, 0.3) is 0 Å². The summed E-state index contributed by atoms with van der Waals surface area (Å²) in [6, 6.07) is 12.0. The normalized spacial score (nSPS) is 15.8. The summed E-state index contributed by atoms with van der Waals surface area (Å²) < 4.78 is 5.74. The van der Waals surface area contributed by atoms with E-state index in [9.17, 15) is 4.79 Å². The summed E-state index contributed by atoms with van der Waals surface area (Å²) in [5.41, 5.74) is 4.19. The summed E-state index contributed by atoms with van der Waals surface area (Å²) >= 11 is 6.16. The number of rotatable bonds is 4. The molecule has 132 valence electrons. The third kappa shape index (κ3) is 3.74. The highest BCUT2D eigenvalue weighted by atomic mass is 35.5. The van der Waals surface area contributed by atoms with Crippen molar-refractivity contribution in [2.45, 2.75) is 33.2 Å². The van der Waals surface area contributed by atoms with Crippen LogP contribution < -0.4 is 15.0 Å². The van der Waals surface area contributed by atoms with Crippen LogP contribution in [-0.4, -0.2) is 25.2 Å². The number of hydrogen-bond donors (Lipinski definition) is 1. The van der Waals surface area contributed by atoms with Crippen molar-refractivity contribution in [2.75, 3.05) is 18.1 Å². The van der Waals surface area contributed by atoms with E-state index in [1.165, 1.54) is 5.56 Å². The van der Waals surface area contributed by atoms with Gasteiger partial charge in [-0.2, -0.15) is 0 Å². The molecular formula is C20H23ClN2O2. The van der Waals surface area contributed by atoms with E-state index in [1.54, 1.807) is 0 Å². The third-order valence-corrected chi connectivity index (χ3v) is 5.08. The summed E-state index contributed by atoms with van der Waals surface area (Å²) in [6.07, 6.45) is 0.892. The molecule has 0 saturated carbocycles. The topological polar surface area (TPSA) is 41.6 Å². The maximum atomic E-state index is 12.5. The zero-order valence-electron chi connectivity index (χ0n) is 14.8. The van der Waals surface area contributed by atoms with Crippen molar-refractivity contribution in [3.05, 3.63) is 58.1 Å². The number of halogens is 1. The van der Waals surface area contributed by atoms with Gasteiger partial charge in [-0.25, -0.2) is 4.79 Å². The Kier molecular flexibility index (Phi) is 5.19. The Morgan fingerprint density at radius 2 is 1.96 bits per heavy atom. The molecule has 2 aromatic rings. The first-order valence-corrected chi connectivity index (χ1v) is 8.89. The first kappa shape index (κ1) is 17.6. The van der Waals surface area contributed by atoms with E-state index in [2.05, 4.69) is 18.3 Å². The van der Waals surface area contributed by atoms with E-state index in [-0.39, 0.29) is 12.1 Å². The van der Waals surface area contributed by atoms with Crippen LogP contribution in [0.2, 0.25) is 5.02 Å². The molecule has 1 atom stereocenters. The second-order valence-electron chi connectivity index (χ2n) is 6.50. The fraction of sp³-hybridized carbons (Fsp3) is 0.350. The molecule has 1 aliphatic heterocycles. The number of urea groups is 1. The second kappa shape index (κ2) is 7.36. The number of benzene rings is 2. The van der Waals surface area contributed by atoms with Crippen LogP contribution in [0.4, 0.5) is 10.5 Å². The molecule has 0 spiro atoms. The molecule has 0 bridgehead atoms. The number of fused-ring (bicyclic) bond motifs is 1. The number of nitrogens with zero attached hydrogens (tertiary/aromatic N) is 1. The largest absolute Gasteiger partial charge is 0.492 e. The van der Waals surface area contributed by atoms with Crippen molar-refractivity contribution in [3.8, 4) is 5.75 Å². The van der Waals surface area contributed by atoms with Gasteiger partial charge in [0.15, 0.2) is 0 Å². The minimum absolute atomic E-state index is 0.0792. The maximum Gasteiger partial charge on any atom is 0.322 e. The zero-order valence-corrected chi connectivity index (χ0v) is 15.6. The SMILES string of the molecule is Cc1cc(OCCNC(=O)N2c3ccccc3CC2C)cc(C)c1Cl. The number of nitrogens with one attached hydrogen (secondary N) is 1. The Morgan fingerprint density at radius 1 is 1.28 bits per heavy atom. The number of carbonyl (C=O) groups is 1. The smallest absolute Gasteiger partial charge is 0.322 e. The van der Waals surface area contributed by atoms with Crippen LogP contribution in [0, 0.1) is 13.8 Å². The lowest BCUT2D eigenvalue weighted by Gasteiger charge is -2.23. The van der Waals surface area contributed by atoms with E-state index in [4.69, 9.17) is 16.3 Å². The summed E-state index contributed by atoms with van der Waals surface area (Å²) in [5.74, 6) is 0.772. The molecule has 1 unspecified atom stereocenters. The lowest BCUT2D eigenvalue weighted by atomic mass is 10.1. The van der Waals surface area contributed by atoms with Gasteiger partial charge >= 0.3 is 6.03 Å². The highest BCUT2D eigenvalue weighted by molar-refractivity contribution is 6.32. The van der Waals surface area contributed by atoms with Crippen LogP contribution in [-0.2, 0) is 6.42 Å². The van der Waals surface area contributed by atoms with Crippen molar-refractivity contribution >= 4 is 23.3 Å². The third-order valence-electron chi connectivity index (χ3n) is 4.48. The van der Waals surface area contributed by atoms with Gasteiger partial charge in [0.25, 0.3) is 0 Å². The van der Waals surface area contributed by atoms with Crippen molar-refractivity contribution in [3.63, 3.8) is 0 Å². The number of hydrogen-bond acceptors (Lipinski definition) is 2. The van der Waals surface area contributed by atoms with Crippen LogP contribution in [0.1, 0.15) is 23.6 Å². The molecule has 0 fully saturated rings. The molecule has 3 rings (SSSR count). The van der Waals surface area contributed by atoms with Crippen LogP contribution >= 0.6 is 11.6 Å². The number of ether oxygens (including phenoxy) is 1. The summed E-state index contributed by atoms with van der Waals surface area (Å²) in [7, 11) is 0. The molecule has 0 radical (unpaired) electrons. The highest BCUT2D eigenvalue weighted by Crippen LogP contribution is 2.31. The van der Waals surface area contributed by atoms with Crippen molar-refractivity contribution < 1.29 is 9.53 Å². The minimum atomic E-state index is -0.0792. The molecule has 25 heavy (non-hydrogen) atoms. The summed E-state index contributed by atoms with van der Waals surface area (Å²) in [5, 5.41) is 3.71. The highest BCUT2D eigenvalue weighted by Gasteiger charge is 2.30. The lowest BCUT2D eigenvalue weighted by molar-refractivity contribution is 0.240. The first-order valence-electron chi connectivity index (χ1n) is 8.52. The number of anilines is 1. The molecule has 0 aliphatic carbocycles. The average molecular weight is 359 g/mol. The molecule has 1 aliphatic rings. The van der Waals surface area contributed by atoms with Crippen molar-refractivity contribution in [1.29, 1.82) is 0 Å². The summed E-state index contributed by atoms with van der Waals surface area (Å²) in [6.45, 7) is 6.84. The Bertz CT molecular complexity index is 768. The predicted octanol–water partition coefficient (Wildman–Crippen LogP) is 4.50. The van der Waals surface area contributed by atoms with E-state index in [1.807, 2.05) is 49.1 Å². The Labute approximate surface area is 153 Å². The molecule has 2 aromatic carbocycles. The molecule has 1 heterocycles. The molecule has 4 nitrogen and oxygen atoms in total. The fourth-order valence-corrected chi connectivity index (χ4v) is 3.39. The van der Waals surface area contributed by atoms with E-state index >= 15 is 0 Å². The number of amides is 2. The number of carbonyl (C=O) groups excluding carboxylic acids is 1. The van der Waals surface area contributed by atoms with Gasteiger partial charge in [-0.15, -0.1) is 0 Å². The van der Waals surface area contributed by atoms with Crippen LogP contribution in [0.3, 0.4) is 0 Å². The fourth-order valence-electron chi connectivity index (χ4n) is 3.28. The second-order valence-corrected chi connectivity index (χ2v) is 6.88. The van der Waals surface area contributed by atoms with Gasteiger partial charge in [0.1, 0.15) is 12.4 Å². The van der Waals surface area contributed by atoms with Gasteiger partial charge in [0.2, 0.25) is 0 Å². The first-order chi connectivity index (χ1) is 12.0. The van der Waals surface area contributed by atoms with Crippen LogP contribution in [0.5, 0.6) is 5.75 Å². The molecule has 5 heteroatoms. The average Bonchev–Trinajstić information content (AvgIpc) is 2.92. The lowest BCUT2D eigenvalue weighted by Crippen LogP contribution is -2.44. The summed E-state index contributed by atoms with van der Waals surface area (Å²) in [4.78, 5) is 14.3. The van der Waals surface area contributed by atoms with Gasteiger partial charge in [0.05, 0.1) is 6.54 Å². The monoisotopic (exact) mass is 358 g/mol. The van der Waals surface area contributed by atoms with E-state index in [0.717, 1.165) is 34.0 Å². The van der Waals surface area contributed by atoms with Crippen molar-refractivity contribution in [2.24, 2.45) is 0 Å². The van der Waals surface area contributed by atoms with Gasteiger partial charge < -0.3 is 10.1 Å². The van der Waals surface area contributed by atoms with Crippen LogP contribution in [0.15, 0.2) is 36.4 Å². The Hall–Kier alpha value is -2.20. The maximum absolute atomic E-state index is 12.5.